The minimum atomic E-state index is -0.00837. The third kappa shape index (κ3) is 4.36. The van der Waals surface area contributed by atoms with Gasteiger partial charge in [-0.15, -0.1) is 5.10 Å². The second-order valence-electron chi connectivity index (χ2n) is 8.96. The lowest BCUT2D eigenvalue weighted by Gasteiger charge is -2.33. The van der Waals surface area contributed by atoms with Crippen LogP contribution in [0.1, 0.15) is 37.4 Å². The zero-order chi connectivity index (χ0) is 21.2. The van der Waals surface area contributed by atoms with Crippen LogP contribution >= 0.6 is 0 Å². The second-order valence-corrected chi connectivity index (χ2v) is 8.96. The van der Waals surface area contributed by atoms with E-state index in [1.165, 1.54) is 17.7 Å². The Balaban J connectivity index is 1.22. The molecule has 1 saturated heterocycles. The highest BCUT2D eigenvalue weighted by molar-refractivity contribution is 5.56. The minimum absolute atomic E-state index is 0.00837. The maximum absolute atomic E-state index is 12.6. The summed E-state index contributed by atoms with van der Waals surface area (Å²) in [5.74, 6) is 2.20. The van der Waals surface area contributed by atoms with Crippen molar-refractivity contribution in [3.8, 4) is 11.3 Å². The van der Waals surface area contributed by atoms with Crippen LogP contribution in [0.5, 0.6) is 0 Å². The summed E-state index contributed by atoms with van der Waals surface area (Å²) < 4.78 is 1.74. The summed E-state index contributed by atoms with van der Waals surface area (Å²) in [5.41, 5.74) is 4.08. The number of piperidine rings is 1. The van der Waals surface area contributed by atoms with Gasteiger partial charge in [0.2, 0.25) is 0 Å². The summed E-state index contributed by atoms with van der Waals surface area (Å²) in [6, 6.07) is 7.63. The maximum atomic E-state index is 12.6. The molecule has 1 atom stereocenters. The Labute approximate surface area is 182 Å². The van der Waals surface area contributed by atoms with Gasteiger partial charge in [0, 0.05) is 43.7 Å². The third-order valence-electron chi connectivity index (χ3n) is 6.62. The van der Waals surface area contributed by atoms with Gasteiger partial charge in [0.15, 0.2) is 5.82 Å². The highest BCUT2D eigenvalue weighted by Gasteiger charge is 2.23. The molecule has 31 heavy (non-hydrogen) atoms. The Kier molecular flexibility index (Phi) is 5.49. The number of aryl methyl sites for hydroxylation is 1. The normalized spacial score (nSPS) is 19.3. The Morgan fingerprint density at radius 2 is 2.00 bits per heavy atom. The highest BCUT2D eigenvalue weighted by Crippen LogP contribution is 2.28. The van der Waals surface area contributed by atoms with Crippen molar-refractivity contribution >= 4 is 5.82 Å². The van der Waals surface area contributed by atoms with Gasteiger partial charge < -0.3 is 4.90 Å². The first-order chi connectivity index (χ1) is 15.2. The average Bonchev–Trinajstić information content (AvgIpc) is 2.81. The number of rotatable bonds is 4. The topological polar surface area (TPSA) is 76.8 Å². The molecule has 1 aliphatic heterocycles. The standard InChI is InChI=1S/C24H28N6O/c1-17-4-5-21-20(11-17)12-23(28-27-21)29-9-6-18(7-10-29)15-30-16-26-22(13-24(30)31)19-3-2-8-25-14-19/h2-3,8,12-14,16-18H,4-7,9-11,15H2,1H3. The van der Waals surface area contributed by atoms with Crippen LogP contribution in [-0.2, 0) is 19.4 Å². The molecule has 3 aromatic rings. The van der Waals surface area contributed by atoms with Gasteiger partial charge in [-0.05, 0) is 67.7 Å². The zero-order valence-corrected chi connectivity index (χ0v) is 17.9. The number of nitrogens with zero attached hydrogens (tertiary/aromatic N) is 6. The lowest BCUT2D eigenvalue weighted by atomic mass is 9.88. The van der Waals surface area contributed by atoms with Crippen LogP contribution in [0.15, 0.2) is 47.8 Å². The van der Waals surface area contributed by atoms with E-state index in [0.29, 0.717) is 18.2 Å². The second kappa shape index (κ2) is 8.57. The van der Waals surface area contributed by atoms with E-state index in [9.17, 15) is 4.79 Å². The lowest BCUT2D eigenvalue weighted by molar-refractivity contribution is 0.349. The van der Waals surface area contributed by atoms with Crippen molar-refractivity contribution in [2.24, 2.45) is 11.8 Å². The molecule has 0 bridgehead atoms. The number of hydrogen-bond donors (Lipinski definition) is 0. The Bertz CT molecular complexity index is 1100. The van der Waals surface area contributed by atoms with Gasteiger partial charge in [0.1, 0.15) is 0 Å². The van der Waals surface area contributed by atoms with E-state index in [4.69, 9.17) is 0 Å². The van der Waals surface area contributed by atoms with E-state index < -0.39 is 0 Å². The molecular weight excluding hydrogens is 388 g/mol. The lowest BCUT2D eigenvalue weighted by Crippen LogP contribution is -2.37. The number of aromatic nitrogens is 5. The predicted octanol–water partition coefficient (Wildman–Crippen LogP) is 3.14. The molecule has 1 aliphatic carbocycles. The van der Waals surface area contributed by atoms with Gasteiger partial charge in [0.25, 0.3) is 5.56 Å². The maximum Gasteiger partial charge on any atom is 0.253 e. The molecule has 0 spiro atoms. The van der Waals surface area contributed by atoms with Crippen molar-refractivity contribution < 1.29 is 0 Å². The van der Waals surface area contributed by atoms with Gasteiger partial charge in [-0.2, -0.15) is 5.10 Å². The molecule has 0 radical (unpaired) electrons. The van der Waals surface area contributed by atoms with Crippen molar-refractivity contribution in [2.75, 3.05) is 18.0 Å². The number of anilines is 1. The van der Waals surface area contributed by atoms with Gasteiger partial charge in [-0.3, -0.25) is 14.3 Å². The fraction of sp³-hybridized carbons (Fsp3) is 0.458. The molecule has 2 aliphatic rings. The highest BCUT2D eigenvalue weighted by atomic mass is 16.1. The van der Waals surface area contributed by atoms with Crippen LogP contribution in [0.2, 0.25) is 0 Å². The first kappa shape index (κ1) is 19.8. The summed E-state index contributed by atoms with van der Waals surface area (Å²) in [6.07, 6.45) is 10.6. The SMILES string of the molecule is CC1CCc2nnc(N3CCC(Cn4cnc(-c5cccnc5)cc4=O)CC3)cc2C1. The first-order valence-corrected chi connectivity index (χ1v) is 11.2. The summed E-state index contributed by atoms with van der Waals surface area (Å²) in [7, 11) is 0. The van der Waals surface area contributed by atoms with Crippen LogP contribution in [0, 0.1) is 11.8 Å². The molecule has 0 N–H and O–H groups in total. The molecule has 1 fully saturated rings. The molecule has 5 rings (SSSR count). The van der Waals surface area contributed by atoms with E-state index in [-0.39, 0.29) is 5.56 Å². The van der Waals surface area contributed by atoms with Gasteiger partial charge in [-0.25, -0.2) is 4.98 Å². The van der Waals surface area contributed by atoms with E-state index in [1.54, 1.807) is 29.4 Å². The Morgan fingerprint density at radius 3 is 2.77 bits per heavy atom. The van der Waals surface area contributed by atoms with Crippen molar-refractivity contribution in [3.63, 3.8) is 0 Å². The molecule has 0 saturated carbocycles. The van der Waals surface area contributed by atoms with E-state index in [1.807, 2.05) is 12.1 Å². The van der Waals surface area contributed by atoms with Crippen molar-refractivity contribution in [2.45, 2.75) is 45.6 Å². The Hall–Kier alpha value is -3.09. The smallest absolute Gasteiger partial charge is 0.253 e. The van der Waals surface area contributed by atoms with Crippen LogP contribution in [0.4, 0.5) is 5.82 Å². The number of fused-ring (bicyclic) bond motifs is 1. The summed E-state index contributed by atoms with van der Waals surface area (Å²) >= 11 is 0. The van der Waals surface area contributed by atoms with Gasteiger partial charge in [-0.1, -0.05) is 6.92 Å². The van der Waals surface area contributed by atoms with Gasteiger partial charge >= 0.3 is 0 Å². The quantitative estimate of drug-likeness (QED) is 0.650. The molecule has 7 heteroatoms. The minimum Gasteiger partial charge on any atom is -0.355 e. The molecule has 1 unspecified atom stereocenters. The molecule has 3 aromatic heterocycles. The summed E-state index contributed by atoms with van der Waals surface area (Å²) in [4.78, 5) is 23.5. The molecule has 7 nitrogen and oxygen atoms in total. The fourth-order valence-electron chi connectivity index (χ4n) is 4.70. The van der Waals surface area contributed by atoms with E-state index in [2.05, 4.69) is 38.1 Å². The van der Waals surface area contributed by atoms with E-state index in [0.717, 1.165) is 56.1 Å². The van der Waals surface area contributed by atoms with Crippen LogP contribution in [0.25, 0.3) is 11.3 Å². The van der Waals surface area contributed by atoms with Crippen LogP contribution < -0.4 is 10.5 Å². The summed E-state index contributed by atoms with van der Waals surface area (Å²) in [6.45, 7) is 4.92. The fourth-order valence-corrected chi connectivity index (χ4v) is 4.70. The Morgan fingerprint density at radius 1 is 1.13 bits per heavy atom. The first-order valence-electron chi connectivity index (χ1n) is 11.2. The van der Waals surface area contributed by atoms with Gasteiger partial charge in [0.05, 0.1) is 17.7 Å². The number of pyridine rings is 1. The van der Waals surface area contributed by atoms with Crippen LogP contribution in [0.3, 0.4) is 0 Å². The monoisotopic (exact) mass is 416 g/mol. The predicted molar refractivity (Wildman–Crippen MR) is 120 cm³/mol. The third-order valence-corrected chi connectivity index (χ3v) is 6.62. The number of hydrogen-bond acceptors (Lipinski definition) is 6. The van der Waals surface area contributed by atoms with Crippen LogP contribution in [-0.4, -0.2) is 37.8 Å². The molecule has 0 aromatic carbocycles. The largest absolute Gasteiger partial charge is 0.355 e. The van der Waals surface area contributed by atoms with Crippen molar-refractivity contribution in [1.82, 2.24) is 24.7 Å². The molecule has 160 valence electrons. The zero-order valence-electron chi connectivity index (χ0n) is 17.9. The molecular formula is C24H28N6O. The average molecular weight is 417 g/mol. The van der Waals surface area contributed by atoms with Crippen molar-refractivity contribution in [3.05, 3.63) is 64.6 Å². The van der Waals surface area contributed by atoms with E-state index >= 15 is 0 Å². The molecule has 4 heterocycles. The summed E-state index contributed by atoms with van der Waals surface area (Å²) in [5, 5.41) is 9.02. The van der Waals surface area contributed by atoms with Crippen molar-refractivity contribution in [1.29, 1.82) is 0 Å². The molecule has 0 amide bonds.